The summed E-state index contributed by atoms with van der Waals surface area (Å²) in [6.07, 6.45) is 0. The Morgan fingerprint density at radius 2 is 2.21 bits per heavy atom. The maximum atomic E-state index is 11.8. The molecule has 7 heteroatoms. The lowest BCUT2D eigenvalue weighted by Crippen LogP contribution is -2.24. The van der Waals surface area contributed by atoms with Crippen LogP contribution < -0.4 is 10.6 Å². The molecule has 0 radical (unpaired) electrons. The predicted molar refractivity (Wildman–Crippen MR) is 74.2 cm³/mol. The third-order valence-electron chi connectivity index (χ3n) is 2.32. The van der Waals surface area contributed by atoms with Gasteiger partial charge in [0.25, 0.3) is 5.91 Å². The van der Waals surface area contributed by atoms with E-state index in [9.17, 15) is 4.79 Å². The molecule has 2 N–H and O–H groups in total. The molecule has 0 bridgehead atoms. The van der Waals surface area contributed by atoms with Crippen LogP contribution in [0, 0.1) is 6.92 Å². The molecule has 0 aliphatic carbocycles. The second-order valence-corrected chi connectivity index (χ2v) is 4.84. The second kappa shape index (κ2) is 6.24. The third kappa shape index (κ3) is 3.72. The van der Waals surface area contributed by atoms with E-state index < -0.39 is 0 Å². The van der Waals surface area contributed by atoms with E-state index in [1.807, 2.05) is 19.2 Å². The van der Waals surface area contributed by atoms with Crippen LogP contribution in [0.1, 0.15) is 28.1 Å². The van der Waals surface area contributed by atoms with Crippen molar-refractivity contribution in [3.8, 4) is 0 Å². The van der Waals surface area contributed by atoms with Gasteiger partial charge >= 0.3 is 0 Å². The fraction of sp³-hybridized carbons (Fsp3) is 0.333. The average molecular weight is 277 g/mol. The Morgan fingerprint density at radius 3 is 2.79 bits per heavy atom. The van der Waals surface area contributed by atoms with Gasteiger partial charge in [-0.3, -0.25) is 4.79 Å². The highest BCUT2D eigenvalue weighted by atomic mass is 32.1. The first kappa shape index (κ1) is 13.4. The first-order valence-corrected chi connectivity index (χ1v) is 6.84. The number of aromatic nitrogens is 3. The largest absolute Gasteiger partial charge is 0.369 e. The SMILES string of the molecule is CCNc1ccc(C(=O)NCc2nc(C)cs2)nn1. The number of hydrogen-bond donors (Lipinski definition) is 2. The molecule has 2 rings (SSSR count). The lowest BCUT2D eigenvalue weighted by atomic mass is 10.3. The molecule has 100 valence electrons. The summed E-state index contributed by atoms with van der Waals surface area (Å²) in [6, 6.07) is 3.38. The minimum Gasteiger partial charge on any atom is -0.369 e. The number of nitrogens with zero attached hydrogens (tertiary/aromatic N) is 3. The summed E-state index contributed by atoms with van der Waals surface area (Å²) in [7, 11) is 0. The van der Waals surface area contributed by atoms with Crippen LogP contribution in [-0.2, 0) is 6.54 Å². The van der Waals surface area contributed by atoms with Crippen molar-refractivity contribution in [2.24, 2.45) is 0 Å². The van der Waals surface area contributed by atoms with E-state index in [1.54, 1.807) is 12.1 Å². The molecule has 6 nitrogen and oxygen atoms in total. The van der Waals surface area contributed by atoms with Gasteiger partial charge in [-0.1, -0.05) is 0 Å². The highest BCUT2D eigenvalue weighted by Gasteiger charge is 2.08. The number of carbonyl (C=O) groups excluding carboxylic acids is 1. The summed E-state index contributed by atoms with van der Waals surface area (Å²) in [6.45, 7) is 5.07. The van der Waals surface area contributed by atoms with Gasteiger partial charge in [0.05, 0.1) is 6.54 Å². The van der Waals surface area contributed by atoms with Gasteiger partial charge in [-0.15, -0.1) is 21.5 Å². The summed E-state index contributed by atoms with van der Waals surface area (Å²) in [4.78, 5) is 16.1. The van der Waals surface area contributed by atoms with Gasteiger partial charge in [-0.05, 0) is 26.0 Å². The van der Waals surface area contributed by atoms with Crippen molar-refractivity contribution in [2.45, 2.75) is 20.4 Å². The molecule has 0 spiro atoms. The molecule has 0 aliphatic rings. The number of amides is 1. The van der Waals surface area contributed by atoms with E-state index in [1.165, 1.54) is 11.3 Å². The zero-order valence-electron chi connectivity index (χ0n) is 10.8. The Bertz CT molecular complexity index is 552. The molecule has 0 aromatic carbocycles. The smallest absolute Gasteiger partial charge is 0.272 e. The summed E-state index contributed by atoms with van der Waals surface area (Å²) in [5.74, 6) is 0.415. The zero-order valence-corrected chi connectivity index (χ0v) is 11.6. The molecule has 0 saturated carbocycles. The van der Waals surface area contributed by atoms with Crippen molar-refractivity contribution in [3.63, 3.8) is 0 Å². The molecule has 0 atom stereocenters. The monoisotopic (exact) mass is 277 g/mol. The second-order valence-electron chi connectivity index (χ2n) is 3.90. The van der Waals surface area contributed by atoms with Crippen molar-refractivity contribution in [1.29, 1.82) is 0 Å². The summed E-state index contributed by atoms with van der Waals surface area (Å²) >= 11 is 1.52. The van der Waals surface area contributed by atoms with Gasteiger partial charge in [0.15, 0.2) is 5.69 Å². The lowest BCUT2D eigenvalue weighted by molar-refractivity contribution is 0.0945. The van der Waals surface area contributed by atoms with Gasteiger partial charge in [0, 0.05) is 17.6 Å². The van der Waals surface area contributed by atoms with Crippen LogP contribution in [-0.4, -0.2) is 27.6 Å². The van der Waals surface area contributed by atoms with E-state index in [0.717, 1.165) is 17.2 Å². The molecule has 2 aromatic heterocycles. The maximum Gasteiger partial charge on any atom is 0.272 e. The van der Waals surface area contributed by atoms with Gasteiger partial charge in [-0.2, -0.15) is 0 Å². The van der Waals surface area contributed by atoms with Crippen LogP contribution in [0.4, 0.5) is 5.82 Å². The minimum atomic E-state index is -0.247. The van der Waals surface area contributed by atoms with Crippen molar-refractivity contribution in [3.05, 3.63) is 33.9 Å². The van der Waals surface area contributed by atoms with Crippen LogP contribution in [0.5, 0.6) is 0 Å². The van der Waals surface area contributed by atoms with E-state index in [4.69, 9.17) is 0 Å². The van der Waals surface area contributed by atoms with Gasteiger partial charge in [-0.25, -0.2) is 4.98 Å². The fourth-order valence-corrected chi connectivity index (χ4v) is 2.17. The Labute approximate surface area is 115 Å². The Hall–Kier alpha value is -2.02. The number of carbonyl (C=O) groups is 1. The molecule has 1 amide bonds. The molecule has 2 heterocycles. The number of aryl methyl sites for hydroxylation is 1. The van der Waals surface area contributed by atoms with Crippen molar-refractivity contribution < 1.29 is 4.79 Å². The number of nitrogens with one attached hydrogen (secondary N) is 2. The van der Waals surface area contributed by atoms with Gasteiger partial charge in [0.2, 0.25) is 0 Å². The molecule has 0 saturated heterocycles. The zero-order chi connectivity index (χ0) is 13.7. The summed E-state index contributed by atoms with van der Waals surface area (Å²) in [5, 5.41) is 16.4. The molecule has 2 aromatic rings. The first-order chi connectivity index (χ1) is 9.19. The van der Waals surface area contributed by atoms with E-state index >= 15 is 0 Å². The quantitative estimate of drug-likeness (QED) is 0.868. The van der Waals surface area contributed by atoms with Crippen LogP contribution in [0.3, 0.4) is 0 Å². The summed E-state index contributed by atoms with van der Waals surface area (Å²) < 4.78 is 0. The predicted octanol–water partition coefficient (Wildman–Crippen LogP) is 1.60. The van der Waals surface area contributed by atoms with Crippen LogP contribution in [0.15, 0.2) is 17.5 Å². The number of rotatable bonds is 5. The minimum absolute atomic E-state index is 0.247. The highest BCUT2D eigenvalue weighted by Crippen LogP contribution is 2.08. The molecule has 0 fully saturated rings. The topological polar surface area (TPSA) is 79.8 Å². The number of thiazole rings is 1. The highest BCUT2D eigenvalue weighted by molar-refractivity contribution is 7.09. The summed E-state index contributed by atoms with van der Waals surface area (Å²) in [5.41, 5.74) is 1.26. The molecular weight excluding hydrogens is 262 g/mol. The van der Waals surface area contributed by atoms with Gasteiger partial charge in [0.1, 0.15) is 10.8 Å². The fourth-order valence-electron chi connectivity index (χ4n) is 1.46. The van der Waals surface area contributed by atoms with Crippen LogP contribution in [0.25, 0.3) is 0 Å². The molecule has 19 heavy (non-hydrogen) atoms. The Kier molecular flexibility index (Phi) is 4.40. The third-order valence-corrected chi connectivity index (χ3v) is 3.29. The Morgan fingerprint density at radius 1 is 1.37 bits per heavy atom. The number of hydrogen-bond acceptors (Lipinski definition) is 6. The van der Waals surface area contributed by atoms with E-state index in [0.29, 0.717) is 18.1 Å². The first-order valence-electron chi connectivity index (χ1n) is 5.96. The van der Waals surface area contributed by atoms with Crippen LogP contribution in [0.2, 0.25) is 0 Å². The Balaban J connectivity index is 1.92. The van der Waals surface area contributed by atoms with Crippen molar-refractivity contribution >= 4 is 23.1 Å². The molecule has 0 aliphatic heterocycles. The molecular formula is C12H15N5OS. The van der Waals surface area contributed by atoms with Crippen molar-refractivity contribution in [2.75, 3.05) is 11.9 Å². The lowest BCUT2D eigenvalue weighted by Gasteiger charge is -2.03. The van der Waals surface area contributed by atoms with E-state index in [-0.39, 0.29) is 5.91 Å². The van der Waals surface area contributed by atoms with Crippen LogP contribution >= 0.6 is 11.3 Å². The molecule has 0 unspecified atom stereocenters. The van der Waals surface area contributed by atoms with Gasteiger partial charge < -0.3 is 10.6 Å². The van der Waals surface area contributed by atoms with E-state index in [2.05, 4.69) is 25.8 Å². The average Bonchev–Trinajstić information content (AvgIpc) is 2.83. The number of anilines is 1. The normalized spacial score (nSPS) is 10.2. The van der Waals surface area contributed by atoms with Crippen molar-refractivity contribution in [1.82, 2.24) is 20.5 Å². The standard InChI is InChI=1S/C12H15N5OS/c1-3-13-10-5-4-9(16-17-10)12(18)14-6-11-15-8(2)7-19-11/h4-5,7H,3,6H2,1-2H3,(H,13,17)(H,14,18). The maximum absolute atomic E-state index is 11.8.